The second-order valence-corrected chi connectivity index (χ2v) is 6.23. The molecule has 0 saturated carbocycles. The van der Waals surface area contributed by atoms with Crippen LogP contribution in [0.15, 0.2) is 42.6 Å². The molecule has 28 heavy (non-hydrogen) atoms. The minimum absolute atomic E-state index is 0.309. The van der Waals surface area contributed by atoms with Crippen molar-refractivity contribution in [1.82, 2.24) is 4.98 Å². The lowest BCUT2D eigenvalue weighted by molar-refractivity contribution is -0.277. The zero-order valence-corrected chi connectivity index (χ0v) is 15.0. The summed E-state index contributed by atoms with van der Waals surface area (Å²) >= 11 is 0. The second-order valence-electron chi connectivity index (χ2n) is 6.23. The summed E-state index contributed by atoms with van der Waals surface area (Å²) in [5.41, 5.74) is 1.39. The molecule has 9 nitrogen and oxygen atoms in total. The number of nitrogens with zero attached hydrogens (tertiary/aromatic N) is 1. The molecule has 0 amide bonds. The molecule has 0 aliphatic carbocycles. The molecule has 0 unspecified atom stereocenters. The molecule has 1 fully saturated rings. The van der Waals surface area contributed by atoms with E-state index in [1.54, 1.807) is 42.6 Å². The van der Waals surface area contributed by atoms with Crippen LogP contribution in [-0.4, -0.2) is 75.8 Å². The Hall–Kier alpha value is -2.56. The number of rotatable bonds is 5. The maximum Gasteiger partial charge on any atom is 0.340 e. The van der Waals surface area contributed by atoms with Crippen LogP contribution in [0.2, 0.25) is 0 Å². The number of ether oxygens (including phenoxy) is 3. The normalized spacial score (nSPS) is 27.2. The molecular weight excluding hydrogens is 370 g/mol. The first-order valence-corrected chi connectivity index (χ1v) is 8.57. The van der Waals surface area contributed by atoms with Crippen LogP contribution in [-0.2, 0) is 9.47 Å². The fourth-order valence-electron chi connectivity index (χ4n) is 2.90. The molecule has 2 aromatic rings. The first-order chi connectivity index (χ1) is 13.5. The highest BCUT2D eigenvalue weighted by atomic mass is 16.7. The monoisotopic (exact) mass is 391 g/mol. The first-order valence-electron chi connectivity index (χ1n) is 8.57. The summed E-state index contributed by atoms with van der Waals surface area (Å²) in [7, 11) is 1.29. The smallest absolute Gasteiger partial charge is 0.340 e. The van der Waals surface area contributed by atoms with Gasteiger partial charge in [-0.2, -0.15) is 0 Å². The number of pyridine rings is 1. The highest BCUT2D eigenvalue weighted by molar-refractivity contribution is 5.95. The van der Waals surface area contributed by atoms with E-state index < -0.39 is 43.3 Å². The van der Waals surface area contributed by atoms with Gasteiger partial charge in [0.05, 0.1) is 25.0 Å². The topological polar surface area (TPSA) is 139 Å². The van der Waals surface area contributed by atoms with Crippen LogP contribution in [0.1, 0.15) is 10.4 Å². The average molecular weight is 391 g/mol. The maximum absolute atomic E-state index is 11.9. The van der Waals surface area contributed by atoms with Crippen molar-refractivity contribution in [1.29, 1.82) is 0 Å². The van der Waals surface area contributed by atoms with Crippen molar-refractivity contribution in [3.05, 3.63) is 48.2 Å². The van der Waals surface area contributed by atoms with E-state index in [1.165, 1.54) is 7.11 Å². The van der Waals surface area contributed by atoms with Gasteiger partial charge in [0.2, 0.25) is 6.29 Å². The molecule has 4 N–H and O–H groups in total. The lowest BCUT2D eigenvalue weighted by atomic mass is 9.99. The van der Waals surface area contributed by atoms with Gasteiger partial charge >= 0.3 is 5.97 Å². The number of benzene rings is 1. The van der Waals surface area contributed by atoms with Gasteiger partial charge in [-0.3, -0.25) is 4.98 Å². The van der Waals surface area contributed by atoms with Gasteiger partial charge in [0, 0.05) is 11.8 Å². The molecule has 150 valence electrons. The van der Waals surface area contributed by atoms with Crippen molar-refractivity contribution in [2.24, 2.45) is 0 Å². The quantitative estimate of drug-likeness (QED) is 0.507. The van der Waals surface area contributed by atoms with Crippen LogP contribution in [0.5, 0.6) is 5.75 Å². The highest BCUT2D eigenvalue weighted by Crippen LogP contribution is 2.27. The molecule has 9 heteroatoms. The molecule has 1 saturated heterocycles. The Morgan fingerprint density at radius 3 is 2.46 bits per heavy atom. The molecule has 0 radical (unpaired) electrons. The summed E-state index contributed by atoms with van der Waals surface area (Å²) in [6, 6.07) is 9.71. The third kappa shape index (κ3) is 3.98. The predicted octanol–water partition coefficient (Wildman–Crippen LogP) is -0.286. The fourth-order valence-corrected chi connectivity index (χ4v) is 2.90. The predicted molar refractivity (Wildman–Crippen MR) is 95.4 cm³/mol. The Labute approximate surface area is 160 Å². The van der Waals surface area contributed by atoms with Gasteiger partial charge in [0.15, 0.2) is 0 Å². The van der Waals surface area contributed by atoms with E-state index >= 15 is 0 Å². The lowest BCUT2D eigenvalue weighted by Gasteiger charge is -2.39. The van der Waals surface area contributed by atoms with Gasteiger partial charge in [-0.25, -0.2) is 4.79 Å². The van der Waals surface area contributed by atoms with E-state index in [9.17, 15) is 25.2 Å². The number of methoxy groups -OCH3 is 1. The van der Waals surface area contributed by atoms with Crippen molar-refractivity contribution >= 4 is 5.97 Å². The number of hydrogen-bond acceptors (Lipinski definition) is 9. The van der Waals surface area contributed by atoms with Crippen LogP contribution >= 0.6 is 0 Å². The summed E-state index contributed by atoms with van der Waals surface area (Å²) in [6.07, 6.45) is -5.26. The van der Waals surface area contributed by atoms with E-state index in [2.05, 4.69) is 4.98 Å². The van der Waals surface area contributed by atoms with E-state index in [0.29, 0.717) is 22.6 Å². The maximum atomic E-state index is 11.9. The number of aliphatic hydroxyl groups is 4. The van der Waals surface area contributed by atoms with Gasteiger partial charge < -0.3 is 34.6 Å². The van der Waals surface area contributed by atoms with E-state index in [0.717, 1.165) is 0 Å². The Morgan fingerprint density at radius 2 is 1.82 bits per heavy atom. The Balaban J connectivity index is 1.78. The zero-order chi connectivity index (χ0) is 20.3. The van der Waals surface area contributed by atoms with Crippen LogP contribution in [0, 0.1) is 0 Å². The number of hydrogen-bond donors (Lipinski definition) is 4. The summed E-state index contributed by atoms with van der Waals surface area (Å²) in [5.74, 6) is -0.201. The number of carbonyl (C=O) groups is 1. The zero-order valence-electron chi connectivity index (χ0n) is 15.0. The average Bonchev–Trinajstić information content (AvgIpc) is 2.74. The van der Waals surface area contributed by atoms with Gasteiger partial charge in [-0.1, -0.05) is 0 Å². The largest absolute Gasteiger partial charge is 0.465 e. The highest BCUT2D eigenvalue weighted by Gasteiger charge is 2.44. The summed E-state index contributed by atoms with van der Waals surface area (Å²) < 4.78 is 15.6. The molecule has 2 heterocycles. The summed E-state index contributed by atoms with van der Waals surface area (Å²) in [5, 5.41) is 38.9. The minimum atomic E-state index is -1.52. The SMILES string of the molecule is COC(=O)c1cccnc1-c1ccc(O[C@H]2O[C@H](CO)[C@@H](O)[C@H](O)[C@@H]2O)cc1. The van der Waals surface area contributed by atoms with Gasteiger partial charge in [0.1, 0.15) is 30.2 Å². The second kappa shape index (κ2) is 8.63. The Kier molecular flexibility index (Phi) is 6.22. The summed E-state index contributed by atoms with van der Waals surface area (Å²) in [6.45, 7) is -0.542. The third-order valence-corrected chi connectivity index (χ3v) is 4.44. The molecular formula is C19H21NO8. The minimum Gasteiger partial charge on any atom is -0.465 e. The molecule has 1 aromatic heterocycles. The molecule has 1 aliphatic heterocycles. The van der Waals surface area contributed by atoms with Crippen LogP contribution < -0.4 is 4.74 Å². The van der Waals surface area contributed by atoms with Crippen molar-refractivity contribution in [2.75, 3.05) is 13.7 Å². The lowest BCUT2D eigenvalue weighted by Crippen LogP contribution is -2.60. The molecule has 0 spiro atoms. The number of aromatic nitrogens is 1. The van der Waals surface area contributed by atoms with Crippen LogP contribution in [0.3, 0.4) is 0 Å². The molecule has 1 aliphatic rings. The number of carbonyl (C=O) groups excluding carboxylic acids is 1. The standard InChI is InChI=1S/C19H21NO8/c1-26-18(25)12-3-2-8-20-14(12)10-4-6-11(7-5-10)27-19-17(24)16(23)15(22)13(9-21)28-19/h2-8,13,15-17,19,21-24H,9H2,1H3/t13-,15-,16+,17+,19+/m1/s1. The van der Waals surface area contributed by atoms with Gasteiger partial charge in [-0.15, -0.1) is 0 Å². The Morgan fingerprint density at radius 1 is 1.11 bits per heavy atom. The third-order valence-electron chi connectivity index (χ3n) is 4.44. The van der Waals surface area contributed by atoms with E-state index in [1.807, 2.05) is 0 Å². The number of aliphatic hydroxyl groups excluding tert-OH is 4. The van der Waals surface area contributed by atoms with Gasteiger partial charge in [0.25, 0.3) is 0 Å². The van der Waals surface area contributed by atoms with Crippen molar-refractivity contribution < 1.29 is 39.4 Å². The molecule has 0 bridgehead atoms. The van der Waals surface area contributed by atoms with E-state index in [-0.39, 0.29) is 0 Å². The molecule has 5 atom stereocenters. The fraction of sp³-hybridized carbons (Fsp3) is 0.368. The van der Waals surface area contributed by atoms with Gasteiger partial charge in [-0.05, 0) is 36.4 Å². The van der Waals surface area contributed by atoms with Crippen molar-refractivity contribution in [3.8, 4) is 17.0 Å². The van der Waals surface area contributed by atoms with Crippen molar-refractivity contribution in [3.63, 3.8) is 0 Å². The molecule has 1 aromatic carbocycles. The van der Waals surface area contributed by atoms with E-state index in [4.69, 9.17) is 14.2 Å². The first kappa shape index (κ1) is 20.2. The van der Waals surface area contributed by atoms with Crippen LogP contribution in [0.25, 0.3) is 11.3 Å². The number of esters is 1. The van der Waals surface area contributed by atoms with Crippen molar-refractivity contribution in [2.45, 2.75) is 30.7 Å². The summed E-state index contributed by atoms with van der Waals surface area (Å²) in [4.78, 5) is 16.1. The Bertz CT molecular complexity index is 810. The molecule has 3 rings (SSSR count). The van der Waals surface area contributed by atoms with Crippen LogP contribution in [0.4, 0.5) is 0 Å².